The third-order valence-corrected chi connectivity index (χ3v) is 6.43. The molecular formula is C27H26N4O2. The van der Waals surface area contributed by atoms with Gasteiger partial charge in [0.25, 0.3) is 0 Å². The van der Waals surface area contributed by atoms with Gasteiger partial charge < -0.3 is 14.8 Å². The van der Waals surface area contributed by atoms with Crippen molar-refractivity contribution in [3.63, 3.8) is 0 Å². The van der Waals surface area contributed by atoms with Crippen LogP contribution in [0.25, 0.3) is 22.5 Å². The van der Waals surface area contributed by atoms with E-state index in [0.29, 0.717) is 5.92 Å². The Morgan fingerprint density at radius 2 is 1.94 bits per heavy atom. The van der Waals surface area contributed by atoms with Crippen molar-refractivity contribution in [2.45, 2.75) is 32.6 Å². The first-order valence-electron chi connectivity index (χ1n) is 11.5. The molecule has 4 aromatic rings. The fourth-order valence-corrected chi connectivity index (χ4v) is 4.70. The van der Waals surface area contributed by atoms with Gasteiger partial charge in [-0.15, -0.1) is 0 Å². The average molecular weight is 439 g/mol. The molecule has 0 amide bonds. The fourth-order valence-electron chi connectivity index (χ4n) is 4.70. The summed E-state index contributed by atoms with van der Waals surface area (Å²) >= 11 is 0. The Morgan fingerprint density at radius 3 is 2.85 bits per heavy atom. The summed E-state index contributed by atoms with van der Waals surface area (Å²) in [5, 5.41) is 8.28. The van der Waals surface area contributed by atoms with Crippen LogP contribution in [0.4, 0.5) is 5.82 Å². The number of para-hydroxylation sites is 1. The smallest absolute Gasteiger partial charge is 0.231 e. The summed E-state index contributed by atoms with van der Waals surface area (Å²) in [6.07, 6.45) is 6.24. The van der Waals surface area contributed by atoms with Crippen molar-refractivity contribution in [3.8, 4) is 22.8 Å². The van der Waals surface area contributed by atoms with Crippen LogP contribution in [0.2, 0.25) is 0 Å². The Kier molecular flexibility index (Phi) is 4.79. The van der Waals surface area contributed by atoms with E-state index in [9.17, 15) is 0 Å². The molecule has 0 unspecified atom stereocenters. The molecule has 2 aromatic carbocycles. The van der Waals surface area contributed by atoms with E-state index < -0.39 is 0 Å². The molecule has 1 N–H and O–H groups in total. The second-order valence-corrected chi connectivity index (χ2v) is 8.82. The van der Waals surface area contributed by atoms with Gasteiger partial charge in [-0.2, -0.15) is 9.61 Å². The molecule has 0 radical (unpaired) electrons. The minimum atomic E-state index is 0.236. The number of nitrogens with one attached hydrogen (secondary N) is 1. The molecule has 6 nitrogen and oxygen atoms in total. The van der Waals surface area contributed by atoms with Crippen LogP contribution in [0, 0.1) is 0 Å². The fraction of sp³-hybridized carbons (Fsp3) is 0.259. The first-order valence-corrected chi connectivity index (χ1v) is 11.5. The second-order valence-electron chi connectivity index (χ2n) is 8.82. The maximum atomic E-state index is 5.76. The highest BCUT2D eigenvalue weighted by atomic mass is 16.7. The van der Waals surface area contributed by atoms with Crippen molar-refractivity contribution in [2.24, 2.45) is 0 Å². The normalized spacial score (nSPS) is 14.1. The van der Waals surface area contributed by atoms with Crippen LogP contribution in [-0.2, 0) is 6.42 Å². The molecule has 166 valence electrons. The molecule has 2 aromatic heterocycles. The van der Waals surface area contributed by atoms with Gasteiger partial charge in [0.2, 0.25) is 6.79 Å². The van der Waals surface area contributed by atoms with Crippen molar-refractivity contribution in [1.82, 2.24) is 14.6 Å². The van der Waals surface area contributed by atoms with Crippen molar-refractivity contribution in [1.29, 1.82) is 0 Å². The van der Waals surface area contributed by atoms with Gasteiger partial charge >= 0.3 is 0 Å². The lowest BCUT2D eigenvalue weighted by atomic mass is 10.0. The van der Waals surface area contributed by atoms with E-state index in [1.807, 2.05) is 28.9 Å². The van der Waals surface area contributed by atoms with Crippen LogP contribution in [0.1, 0.15) is 42.9 Å². The number of hydrogen-bond acceptors (Lipinski definition) is 5. The number of allylic oxidation sites excluding steroid dienone is 1. The number of aromatic nitrogens is 3. The van der Waals surface area contributed by atoms with Crippen LogP contribution < -0.4 is 14.8 Å². The zero-order valence-electron chi connectivity index (χ0n) is 18.8. The molecule has 0 atom stereocenters. The molecule has 2 aliphatic rings. The molecule has 6 rings (SSSR count). The van der Waals surface area contributed by atoms with E-state index in [2.05, 4.69) is 60.7 Å². The maximum absolute atomic E-state index is 5.76. The van der Waals surface area contributed by atoms with E-state index in [1.165, 1.54) is 16.7 Å². The van der Waals surface area contributed by atoms with E-state index in [4.69, 9.17) is 14.5 Å². The zero-order valence-corrected chi connectivity index (χ0v) is 18.8. The SMILES string of the molecule is CC(C)c1cnn2c(NCCC3=CCc4ccccc43)cc(-c3cccc4c3OCO4)nc12. The Labute approximate surface area is 192 Å². The number of rotatable bonds is 6. The van der Waals surface area contributed by atoms with Crippen molar-refractivity contribution in [3.05, 3.63) is 77.5 Å². The van der Waals surface area contributed by atoms with Gasteiger partial charge in [0.15, 0.2) is 17.1 Å². The third kappa shape index (κ3) is 3.42. The molecule has 0 fully saturated rings. The number of ether oxygens (including phenoxy) is 2. The van der Waals surface area contributed by atoms with Gasteiger partial charge in [-0.05, 0) is 47.6 Å². The molecule has 1 aliphatic heterocycles. The number of nitrogens with zero attached hydrogens (tertiary/aromatic N) is 3. The predicted octanol–water partition coefficient (Wildman–Crippen LogP) is 5.69. The van der Waals surface area contributed by atoms with Gasteiger partial charge in [0, 0.05) is 23.7 Å². The lowest BCUT2D eigenvalue weighted by Gasteiger charge is -2.13. The van der Waals surface area contributed by atoms with Crippen molar-refractivity contribution >= 4 is 17.0 Å². The predicted molar refractivity (Wildman–Crippen MR) is 130 cm³/mol. The summed E-state index contributed by atoms with van der Waals surface area (Å²) < 4.78 is 13.3. The van der Waals surface area contributed by atoms with Gasteiger partial charge in [0.1, 0.15) is 5.82 Å². The van der Waals surface area contributed by atoms with E-state index in [1.54, 1.807) is 0 Å². The Hall–Kier alpha value is -3.80. The zero-order chi connectivity index (χ0) is 22.4. The molecule has 0 bridgehead atoms. The van der Waals surface area contributed by atoms with Gasteiger partial charge in [-0.1, -0.05) is 50.3 Å². The summed E-state index contributed by atoms with van der Waals surface area (Å²) in [6, 6.07) is 16.7. The Bertz CT molecular complexity index is 1390. The molecule has 0 saturated heterocycles. The quantitative estimate of drug-likeness (QED) is 0.419. The minimum Gasteiger partial charge on any atom is -0.454 e. The molecule has 33 heavy (non-hydrogen) atoms. The van der Waals surface area contributed by atoms with E-state index >= 15 is 0 Å². The Balaban J connectivity index is 1.35. The number of fused-ring (bicyclic) bond motifs is 3. The van der Waals surface area contributed by atoms with Crippen LogP contribution in [0.15, 0.2) is 60.8 Å². The van der Waals surface area contributed by atoms with Crippen LogP contribution in [0.5, 0.6) is 11.5 Å². The van der Waals surface area contributed by atoms with E-state index in [-0.39, 0.29) is 6.79 Å². The second kappa shape index (κ2) is 7.96. The highest BCUT2D eigenvalue weighted by molar-refractivity contribution is 5.76. The summed E-state index contributed by atoms with van der Waals surface area (Å²) in [4.78, 5) is 4.99. The molecule has 0 saturated carbocycles. The van der Waals surface area contributed by atoms with E-state index in [0.717, 1.165) is 59.2 Å². The molecular weight excluding hydrogens is 412 g/mol. The first-order chi connectivity index (χ1) is 16.2. The first kappa shape index (κ1) is 19.9. The maximum Gasteiger partial charge on any atom is 0.231 e. The van der Waals surface area contributed by atoms with Crippen molar-refractivity contribution < 1.29 is 9.47 Å². The molecule has 0 spiro atoms. The van der Waals surface area contributed by atoms with Crippen LogP contribution >= 0.6 is 0 Å². The molecule has 3 heterocycles. The standard InChI is InChI=1S/C27H26N4O2/c1-17(2)22-15-29-31-25(28-13-12-19-11-10-18-6-3-4-7-20(18)19)14-23(30-27(22)31)21-8-5-9-24-26(21)33-16-32-24/h3-9,11,14-15,17,28H,10,12-13,16H2,1-2H3. The summed E-state index contributed by atoms with van der Waals surface area (Å²) in [5.41, 5.74) is 7.95. The van der Waals surface area contributed by atoms with Gasteiger partial charge in [-0.3, -0.25) is 0 Å². The lowest BCUT2D eigenvalue weighted by Crippen LogP contribution is -2.09. The third-order valence-electron chi connectivity index (χ3n) is 6.43. The molecule has 6 heteroatoms. The van der Waals surface area contributed by atoms with Crippen LogP contribution in [0.3, 0.4) is 0 Å². The number of hydrogen-bond donors (Lipinski definition) is 1. The van der Waals surface area contributed by atoms with Crippen LogP contribution in [-0.4, -0.2) is 27.9 Å². The van der Waals surface area contributed by atoms with Gasteiger partial charge in [-0.25, -0.2) is 4.98 Å². The molecule has 1 aliphatic carbocycles. The van der Waals surface area contributed by atoms with Gasteiger partial charge in [0.05, 0.1) is 11.9 Å². The monoisotopic (exact) mass is 438 g/mol. The summed E-state index contributed by atoms with van der Waals surface area (Å²) in [5.74, 6) is 2.75. The summed E-state index contributed by atoms with van der Waals surface area (Å²) in [7, 11) is 0. The Morgan fingerprint density at radius 1 is 1.06 bits per heavy atom. The summed E-state index contributed by atoms with van der Waals surface area (Å²) in [6.45, 7) is 5.38. The topological polar surface area (TPSA) is 60.7 Å². The largest absolute Gasteiger partial charge is 0.454 e. The minimum absolute atomic E-state index is 0.236. The lowest BCUT2D eigenvalue weighted by molar-refractivity contribution is 0.174. The number of anilines is 1. The highest BCUT2D eigenvalue weighted by Crippen LogP contribution is 2.41. The highest BCUT2D eigenvalue weighted by Gasteiger charge is 2.22. The average Bonchev–Trinajstić information content (AvgIpc) is 3.57. The van der Waals surface area contributed by atoms with Crippen molar-refractivity contribution in [2.75, 3.05) is 18.7 Å². The number of benzene rings is 2.